The van der Waals surface area contributed by atoms with Crippen LogP contribution in [0.25, 0.3) is 0 Å². The van der Waals surface area contributed by atoms with Crippen LogP contribution in [0, 0.1) is 0 Å². The molecule has 2 aromatic rings. The van der Waals surface area contributed by atoms with Crippen molar-refractivity contribution in [3.05, 3.63) is 30.1 Å². The normalized spacial score (nSPS) is 19.0. The minimum atomic E-state index is -0.611. The molecule has 0 spiro atoms. The maximum atomic E-state index is 12.4. The molecule has 1 unspecified atom stereocenters. The minimum Gasteiger partial charge on any atom is -0.485 e. The summed E-state index contributed by atoms with van der Waals surface area (Å²) >= 11 is 1.65. The molecule has 8 heteroatoms. The van der Waals surface area contributed by atoms with Crippen LogP contribution in [0.5, 0.6) is 11.5 Å². The Hall–Kier alpha value is -2.22. The third-order valence-electron chi connectivity index (χ3n) is 5.28. The highest BCUT2D eigenvalue weighted by atomic mass is 32.2. The molecule has 0 bridgehead atoms. The van der Waals surface area contributed by atoms with E-state index in [9.17, 15) is 4.79 Å². The molecular weight excluding hydrogens is 376 g/mol. The molecule has 7 nitrogen and oxygen atoms in total. The topological polar surface area (TPSA) is 78.3 Å². The highest BCUT2D eigenvalue weighted by molar-refractivity contribution is 7.98. The van der Waals surface area contributed by atoms with Gasteiger partial charge in [-0.3, -0.25) is 4.79 Å². The fourth-order valence-corrected chi connectivity index (χ4v) is 4.44. The molecular formula is C20H26N4O3S. The van der Waals surface area contributed by atoms with Crippen LogP contribution in [0.3, 0.4) is 0 Å². The van der Waals surface area contributed by atoms with Gasteiger partial charge in [-0.05, 0) is 37.7 Å². The molecule has 2 aliphatic rings. The molecule has 4 rings (SSSR count). The summed E-state index contributed by atoms with van der Waals surface area (Å²) in [6.45, 7) is 0.808. The number of aryl methyl sites for hydroxylation is 1. The second-order valence-corrected chi connectivity index (χ2v) is 7.94. The standard InChI is InChI=1S/C20H26N4O3S/c1-28-20-23-22-18(24(20)14-7-2-3-8-14)11-6-12-21-19(25)17-13-26-15-9-4-5-10-16(15)27-17/h4-5,9-10,14,17H,2-3,6-8,11-13H2,1H3,(H,21,25). The lowest BCUT2D eigenvalue weighted by Gasteiger charge is -2.25. The molecule has 1 aliphatic carbocycles. The first-order chi connectivity index (χ1) is 13.8. The van der Waals surface area contributed by atoms with E-state index in [-0.39, 0.29) is 12.5 Å². The average molecular weight is 403 g/mol. The number of fused-ring (bicyclic) bond motifs is 1. The van der Waals surface area contributed by atoms with Crippen molar-refractivity contribution in [3.8, 4) is 11.5 Å². The van der Waals surface area contributed by atoms with E-state index in [1.54, 1.807) is 11.8 Å². The molecule has 0 saturated heterocycles. The predicted molar refractivity (Wildman–Crippen MR) is 107 cm³/mol. The molecule has 1 aromatic carbocycles. The lowest BCUT2D eigenvalue weighted by Crippen LogP contribution is -2.44. The molecule has 1 saturated carbocycles. The largest absolute Gasteiger partial charge is 0.485 e. The Kier molecular flexibility index (Phi) is 6.04. The number of carbonyl (C=O) groups excluding carboxylic acids is 1. The summed E-state index contributed by atoms with van der Waals surface area (Å²) in [5, 5.41) is 12.7. The molecule has 0 radical (unpaired) electrons. The first-order valence-electron chi connectivity index (χ1n) is 9.90. The second-order valence-electron chi connectivity index (χ2n) is 7.17. The third kappa shape index (κ3) is 4.11. The van der Waals surface area contributed by atoms with Crippen molar-refractivity contribution in [1.82, 2.24) is 20.1 Å². The number of thioether (sulfide) groups is 1. The van der Waals surface area contributed by atoms with Gasteiger partial charge in [0.2, 0.25) is 6.10 Å². The Morgan fingerprint density at radius 2 is 2.04 bits per heavy atom. The van der Waals surface area contributed by atoms with E-state index in [0.717, 1.165) is 23.8 Å². The number of aromatic nitrogens is 3. The van der Waals surface area contributed by atoms with Gasteiger partial charge >= 0.3 is 0 Å². The highest BCUT2D eigenvalue weighted by Gasteiger charge is 2.27. The molecule has 1 amide bonds. The smallest absolute Gasteiger partial charge is 0.264 e. The van der Waals surface area contributed by atoms with Crippen LogP contribution in [0.15, 0.2) is 29.4 Å². The lowest BCUT2D eigenvalue weighted by molar-refractivity contribution is -0.130. The maximum Gasteiger partial charge on any atom is 0.264 e. The summed E-state index contributed by atoms with van der Waals surface area (Å²) in [7, 11) is 0. The number of hydrogen-bond acceptors (Lipinski definition) is 6. The number of para-hydroxylation sites is 2. The molecule has 2 heterocycles. The van der Waals surface area contributed by atoms with Gasteiger partial charge in [-0.25, -0.2) is 0 Å². The van der Waals surface area contributed by atoms with Crippen LogP contribution in [0.1, 0.15) is 44.0 Å². The van der Waals surface area contributed by atoms with Crippen molar-refractivity contribution < 1.29 is 14.3 Å². The molecule has 1 N–H and O–H groups in total. The predicted octanol–water partition coefficient (Wildman–Crippen LogP) is 3.00. The number of ether oxygens (including phenoxy) is 2. The van der Waals surface area contributed by atoms with Gasteiger partial charge in [0.1, 0.15) is 12.4 Å². The fraction of sp³-hybridized carbons (Fsp3) is 0.550. The molecule has 28 heavy (non-hydrogen) atoms. The summed E-state index contributed by atoms with van der Waals surface area (Å²) in [5.41, 5.74) is 0. The first-order valence-corrected chi connectivity index (χ1v) is 11.1. The maximum absolute atomic E-state index is 12.4. The Bertz CT molecular complexity index is 820. The van der Waals surface area contributed by atoms with Gasteiger partial charge in [-0.15, -0.1) is 10.2 Å². The second kappa shape index (κ2) is 8.86. The number of carbonyl (C=O) groups is 1. The highest BCUT2D eigenvalue weighted by Crippen LogP contribution is 2.33. The zero-order valence-corrected chi connectivity index (χ0v) is 16.9. The number of nitrogens with zero attached hydrogens (tertiary/aromatic N) is 3. The van der Waals surface area contributed by atoms with Crippen molar-refractivity contribution in [1.29, 1.82) is 0 Å². The molecule has 150 valence electrons. The fourth-order valence-electron chi connectivity index (χ4n) is 3.87. The van der Waals surface area contributed by atoms with Gasteiger partial charge in [0.05, 0.1) is 0 Å². The molecule has 1 fully saturated rings. The SMILES string of the molecule is CSc1nnc(CCCNC(=O)C2COc3ccccc3O2)n1C1CCCC1. The Labute approximate surface area is 169 Å². The van der Waals surface area contributed by atoms with Gasteiger partial charge in [0, 0.05) is 19.0 Å². The van der Waals surface area contributed by atoms with Gasteiger partial charge in [0.25, 0.3) is 5.91 Å². The van der Waals surface area contributed by atoms with Crippen molar-refractivity contribution in [2.24, 2.45) is 0 Å². The van der Waals surface area contributed by atoms with Gasteiger partial charge in [-0.2, -0.15) is 0 Å². The van der Waals surface area contributed by atoms with Crippen LogP contribution < -0.4 is 14.8 Å². The average Bonchev–Trinajstić information content (AvgIpc) is 3.39. The van der Waals surface area contributed by atoms with E-state index < -0.39 is 6.10 Å². The molecule has 1 atom stereocenters. The van der Waals surface area contributed by atoms with Gasteiger partial charge < -0.3 is 19.4 Å². The van der Waals surface area contributed by atoms with Crippen molar-refractivity contribution in [2.75, 3.05) is 19.4 Å². The number of hydrogen-bond donors (Lipinski definition) is 1. The molecule has 1 aliphatic heterocycles. The summed E-state index contributed by atoms with van der Waals surface area (Å²) in [6.07, 6.45) is 8.01. The molecule has 1 aromatic heterocycles. The van der Waals surface area contributed by atoms with E-state index in [1.165, 1.54) is 25.7 Å². The van der Waals surface area contributed by atoms with Crippen molar-refractivity contribution >= 4 is 17.7 Å². The van der Waals surface area contributed by atoms with Gasteiger partial charge in [-0.1, -0.05) is 36.7 Å². The Morgan fingerprint density at radius 1 is 1.25 bits per heavy atom. The van der Waals surface area contributed by atoms with E-state index >= 15 is 0 Å². The monoisotopic (exact) mass is 402 g/mol. The summed E-state index contributed by atoms with van der Waals surface area (Å²) in [6, 6.07) is 7.93. The zero-order chi connectivity index (χ0) is 19.3. The van der Waals surface area contributed by atoms with Crippen molar-refractivity contribution in [2.45, 2.75) is 55.8 Å². The number of amides is 1. The minimum absolute atomic E-state index is 0.142. The number of rotatable bonds is 7. The van der Waals surface area contributed by atoms with Crippen LogP contribution in [-0.4, -0.2) is 46.2 Å². The van der Waals surface area contributed by atoms with Crippen molar-refractivity contribution in [3.63, 3.8) is 0 Å². The van der Waals surface area contributed by atoms with Crippen LogP contribution in [0.4, 0.5) is 0 Å². The van der Waals surface area contributed by atoms with Gasteiger partial charge in [0.15, 0.2) is 16.7 Å². The Morgan fingerprint density at radius 3 is 2.82 bits per heavy atom. The third-order valence-corrected chi connectivity index (χ3v) is 5.93. The lowest BCUT2D eigenvalue weighted by atomic mass is 10.2. The van der Waals surface area contributed by atoms with Crippen LogP contribution >= 0.6 is 11.8 Å². The quantitative estimate of drug-likeness (QED) is 0.567. The van der Waals surface area contributed by atoms with E-state index in [2.05, 4.69) is 20.1 Å². The van der Waals surface area contributed by atoms with E-state index in [4.69, 9.17) is 9.47 Å². The first kappa shape index (κ1) is 19.1. The summed E-state index contributed by atoms with van der Waals surface area (Å²) < 4.78 is 13.7. The van der Waals surface area contributed by atoms with Crippen LogP contribution in [-0.2, 0) is 11.2 Å². The zero-order valence-electron chi connectivity index (χ0n) is 16.1. The Balaban J connectivity index is 1.27. The number of benzene rings is 1. The number of nitrogens with one attached hydrogen (secondary N) is 1. The van der Waals surface area contributed by atoms with Crippen LogP contribution in [0.2, 0.25) is 0 Å². The van der Waals surface area contributed by atoms with E-state index in [1.807, 2.05) is 30.5 Å². The summed E-state index contributed by atoms with van der Waals surface area (Å²) in [5.74, 6) is 2.18. The summed E-state index contributed by atoms with van der Waals surface area (Å²) in [4.78, 5) is 12.4. The van der Waals surface area contributed by atoms with E-state index in [0.29, 0.717) is 24.1 Å².